The van der Waals surface area contributed by atoms with Gasteiger partial charge >= 0.3 is 0 Å². The molecule has 0 radical (unpaired) electrons. The van der Waals surface area contributed by atoms with E-state index in [1.165, 1.54) is 17.0 Å². The first-order valence-corrected chi connectivity index (χ1v) is 8.96. The number of ether oxygens (including phenoxy) is 1. The van der Waals surface area contributed by atoms with Crippen LogP contribution in [-0.2, 0) is 20.9 Å². The highest BCUT2D eigenvalue weighted by Gasteiger charge is 2.34. The summed E-state index contributed by atoms with van der Waals surface area (Å²) in [5.74, 6) is -0.560. The fourth-order valence-corrected chi connectivity index (χ4v) is 3.01. The molecular weight excluding hydrogens is 347 g/mol. The predicted molar refractivity (Wildman–Crippen MR) is 101 cm³/mol. The number of nitrogens with one attached hydrogen (secondary N) is 1. The Morgan fingerprint density at radius 3 is 2.70 bits per heavy atom. The highest BCUT2D eigenvalue weighted by molar-refractivity contribution is 5.98. The molecule has 0 aliphatic carbocycles. The van der Waals surface area contributed by atoms with Crippen molar-refractivity contribution < 1.29 is 18.7 Å². The Balaban J connectivity index is 1.75. The second-order valence-electron chi connectivity index (χ2n) is 6.95. The molecule has 2 aromatic rings. The van der Waals surface area contributed by atoms with Crippen molar-refractivity contribution >= 4 is 17.5 Å². The number of carbonyl (C=O) groups excluding carboxylic acids is 2. The molecular formula is C21H23FN2O3. The summed E-state index contributed by atoms with van der Waals surface area (Å²) in [6, 6.07) is 12.8. The lowest BCUT2D eigenvalue weighted by atomic mass is 10.0. The summed E-state index contributed by atoms with van der Waals surface area (Å²) in [5.41, 5.74) is 2.56. The van der Waals surface area contributed by atoms with Gasteiger partial charge in [-0.25, -0.2) is 4.39 Å². The summed E-state index contributed by atoms with van der Waals surface area (Å²) >= 11 is 0. The van der Waals surface area contributed by atoms with E-state index >= 15 is 0 Å². The van der Waals surface area contributed by atoms with Crippen molar-refractivity contribution in [3.05, 3.63) is 65.5 Å². The van der Waals surface area contributed by atoms with Gasteiger partial charge in [-0.3, -0.25) is 9.59 Å². The molecule has 0 aromatic heterocycles. The highest BCUT2D eigenvalue weighted by Crippen LogP contribution is 2.20. The molecule has 1 heterocycles. The Bertz CT molecular complexity index is 820. The number of nitrogens with zero attached hydrogens (tertiary/aromatic N) is 1. The SMILES string of the molecule is CC(C)c1cccc(NC(=O)[C@@H]2COCC(=O)N2Cc2ccc(F)cc2)c1. The fraction of sp³-hybridized carbons (Fsp3) is 0.333. The standard InChI is InChI=1S/C21H23FN2O3/c1-14(2)16-4-3-5-18(10-16)23-21(26)19-12-27-13-20(25)24(19)11-15-6-8-17(22)9-7-15/h3-10,14,19H,11-13H2,1-2H3,(H,23,26)/t19-/m0/s1. The van der Waals surface area contributed by atoms with E-state index in [1.807, 2.05) is 24.3 Å². The van der Waals surface area contributed by atoms with Crippen molar-refractivity contribution in [2.75, 3.05) is 18.5 Å². The minimum atomic E-state index is -0.737. The molecule has 0 bridgehead atoms. The van der Waals surface area contributed by atoms with Crippen LogP contribution in [0.15, 0.2) is 48.5 Å². The largest absolute Gasteiger partial charge is 0.369 e. The van der Waals surface area contributed by atoms with Crippen LogP contribution in [0.2, 0.25) is 0 Å². The lowest BCUT2D eigenvalue weighted by Crippen LogP contribution is -2.54. The second kappa shape index (κ2) is 8.31. The normalized spacial score (nSPS) is 17.3. The van der Waals surface area contributed by atoms with Gasteiger partial charge in [0.2, 0.25) is 11.8 Å². The third kappa shape index (κ3) is 4.71. The highest BCUT2D eigenvalue weighted by atomic mass is 19.1. The maximum Gasteiger partial charge on any atom is 0.249 e. The average Bonchev–Trinajstić information content (AvgIpc) is 2.65. The molecule has 1 saturated heterocycles. The van der Waals surface area contributed by atoms with Gasteiger partial charge in [0.1, 0.15) is 18.5 Å². The van der Waals surface area contributed by atoms with Gasteiger partial charge in [-0.1, -0.05) is 38.1 Å². The van der Waals surface area contributed by atoms with Crippen LogP contribution in [0, 0.1) is 5.82 Å². The lowest BCUT2D eigenvalue weighted by molar-refractivity contribution is -0.154. The molecule has 0 unspecified atom stereocenters. The van der Waals surface area contributed by atoms with Crippen molar-refractivity contribution in [2.24, 2.45) is 0 Å². The van der Waals surface area contributed by atoms with E-state index in [2.05, 4.69) is 19.2 Å². The molecule has 0 saturated carbocycles. The van der Waals surface area contributed by atoms with Crippen LogP contribution in [0.25, 0.3) is 0 Å². The molecule has 142 valence electrons. The zero-order valence-electron chi connectivity index (χ0n) is 15.4. The van der Waals surface area contributed by atoms with Crippen molar-refractivity contribution in [3.8, 4) is 0 Å². The van der Waals surface area contributed by atoms with Gasteiger partial charge in [-0.2, -0.15) is 0 Å². The zero-order valence-corrected chi connectivity index (χ0v) is 15.4. The van der Waals surface area contributed by atoms with Crippen LogP contribution in [0.3, 0.4) is 0 Å². The lowest BCUT2D eigenvalue weighted by Gasteiger charge is -2.34. The van der Waals surface area contributed by atoms with Gasteiger partial charge in [0.15, 0.2) is 0 Å². The molecule has 0 spiro atoms. The van der Waals surface area contributed by atoms with E-state index < -0.39 is 6.04 Å². The molecule has 6 heteroatoms. The molecule has 1 atom stereocenters. The van der Waals surface area contributed by atoms with Crippen LogP contribution in [0.4, 0.5) is 10.1 Å². The van der Waals surface area contributed by atoms with Gasteiger partial charge in [0.25, 0.3) is 0 Å². The number of hydrogen-bond donors (Lipinski definition) is 1. The Kier molecular flexibility index (Phi) is 5.86. The molecule has 3 rings (SSSR count). The minimum Gasteiger partial charge on any atom is -0.369 e. The summed E-state index contributed by atoms with van der Waals surface area (Å²) in [4.78, 5) is 26.6. The van der Waals surface area contributed by atoms with Gasteiger partial charge in [-0.05, 0) is 41.3 Å². The Labute approximate surface area is 158 Å². The number of amides is 2. The molecule has 5 nitrogen and oxygen atoms in total. The first kappa shape index (κ1) is 19.0. The number of carbonyl (C=O) groups is 2. The average molecular weight is 370 g/mol. The van der Waals surface area contributed by atoms with Crippen molar-refractivity contribution in [2.45, 2.75) is 32.4 Å². The van der Waals surface area contributed by atoms with Crippen LogP contribution in [0.5, 0.6) is 0 Å². The first-order chi connectivity index (χ1) is 12.9. The number of anilines is 1. The maximum absolute atomic E-state index is 13.1. The van der Waals surface area contributed by atoms with E-state index in [0.29, 0.717) is 11.6 Å². The third-order valence-electron chi connectivity index (χ3n) is 4.59. The summed E-state index contributed by atoms with van der Waals surface area (Å²) in [5, 5.41) is 2.88. The smallest absolute Gasteiger partial charge is 0.249 e. The number of benzene rings is 2. The Morgan fingerprint density at radius 1 is 1.26 bits per heavy atom. The van der Waals surface area contributed by atoms with E-state index in [0.717, 1.165) is 11.1 Å². The molecule has 27 heavy (non-hydrogen) atoms. The molecule has 1 aliphatic heterocycles. The van der Waals surface area contributed by atoms with Crippen molar-refractivity contribution in [1.82, 2.24) is 4.90 Å². The summed E-state index contributed by atoms with van der Waals surface area (Å²) in [6.45, 7) is 4.46. The summed E-state index contributed by atoms with van der Waals surface area (Å²) < 4.78 is 18.4. The number of rotatable bonds is 5. The minimum absolute atomic E-state index is 0.0617. The van der Waals surface area contributed by atoms with Crippen LogP contribution >= 0.6 is 0 Å². The quantitative estimate of drug-likeness (QED) is 0.878. The van der Waals surface area contributed by atoms with Crippen LogP contribution in [-0.4, -0.2) is 36.0 Å². The van der Waals surface area contributed by atoms with E-state index in [1.54, 1.807) is 12.1 Å². The van der Waals surface area contributed by atoms with Gasteiger partial charge in [0, 0.05) is 12.2 Å². The van der Waals surface area contributed by atoms with E-state index in [4.69, 9.17) is 4.74 Å². The van der Waals surface area contributed by atoms with E-state index in [-0.39, 0.29) is 37.4 Å². The Hall–Kier alpha value is -2.73. The fourth-order valence-electron chi connectivity index (χ4n) is 3.01. The maximum atomic E-state index is 13.1. The predicted octanol–water partition coefficient (Wildman–Crippen LogP) is 3.32. The van der Waals surface area contributed by atoms with Gasteiger partial charge in [-0.15, -0.1) is 0 Å². The van der Waals surface area contributed by atoms with Gasteiger partial charge in [0.05, 0.1) is 6.61 Å². The molecule has 1 fully saturated rings. The monoisotopic (exact) mass is 370 g/mol. The van der Waals surface area contributed by atoms with Crippen LogP contribution in [0.1, 0.15) is 30.9 Å². The number of hydrogen-bond acceptors (Lipinski definition) is 3. The first-order valence-electron chi connectivity index (χ1n) is 8.96. The molecule has 2 aromatic carbocycles. The number of halogens is 1. The Morgan fingerprint density at radius 2 is 2.00 bits per heavy atom. The second-order valence-corrected chi connectivity index (χ2v) is 6.95. The van der Waals surface area contributed by atoms with Crippen LogP contribution < -0.4 is 5.32 Å². The van der Waals surface area contributed by atoms with Crippen molar-refractivity contribution in [1.29, 1.82) is 0 Å². The van der Waals surface area contributed by atoms with Gasteiger partial charge < -0.3 is 15.0 Å². The van der Waals surface area contributed by atoms with Crippen molar-refractivity contribution in [3.63, 3.8) is 0 Å². The zero-order chi connectivity index (χ0) is 19.4. The summed E-state index contributed by atoms with van der Waals surface area (Å²) in [7, 11) is 0. The number of morpholine rings is 1. The van der Waals surface area contributed by atoms with E-state index in [9.17, 15) is 14.0 Å². The summed E-state index contributed by atoms with van der Waals surface area (Å²) in [6.07, 6.45) is 0. The molecule has 1 N–H and O–H groups in total. The molecule has 1 aliphatic rings. The third-order valence-corrected chi connectivity index (χ3v) is 4.59. The topological polar surface area (TPSA) is 58.6 Å². The molecule has 2 amide bonds.